The molecule has 0 spiro atoms. The highest BCUT2D eigenvalue weighted by molar-refractivity contribution is 9.10. The lowest BCUT2D eigenvalue weighted by molar-refractivity contribution is -0.870. The first-order valence-electron chi connectivity index (χ1n) is 5.81. The molecule has 0 radical (unpaired) electrons. The number of nitrogens with one attached hydrogen (secondary N) is 1. The highest BCUT2D eigenvalue weighted by Crippen LogP contribution is 2.35. The second-order valence-corrected chi connectivity index (χ2v) is 6.43. The zero-order valence-electron chi connectivity index (χ0n) is 11.2. The van der Waals surface area contributed by atoms with E-state index in [4.69, 9.17) is 16.7 Å². The van der Waals surface area contributed by atoms with Crippen LogP contribution in [0.5, 0.6) is 5.75 Å². The van der Waals surface area contributed by atoms with E-state index in [0.29, 0.717) is 10.4 Å². The van der Waals surface area contributed by atoms with E-state index in [2.05, 4.69) is 42.1 Å². The Kier molecular flexibility index (Phi) is 5.67. The first kappa shape index (κ1) is 16.3. The molecule has 0 aliphatic rings. The molecule has 0 amide bonds. The summed E-state index contributed by atoms with van der Waals surface area (Å²) in [4.78, 5) is 2.90. The van der Waals surface area contributed by atoms with Gasteiger partial charge in [0.05, 0.1) is 43.7 Å². The fourth-order valence-corrected chi connectivity index (χ4v) is 2.03. The molecule has 0 bridgehead atoms. The highest BCUT2D eigenvalue weighted by atomic mass is 79.9. The Morgan fingerprint density at radius 3 is 2.42 bits per heavy atom. The van der Waals surface area contributed by atoms with Crippen LogP contribution in [0.2, 0.25) is 5.02 Å². The summed E-state index contributed by atoms with van der Waals surface area (Å²) in [5, 5.41) is 19.0. The van der Waals surface area contributed by atoms with Crippen LogP contribution in [0.15, 0.2) is 22.8 Å². The summed E-state index contributed by atoms with van der Waals surface area (Å²) in [5.74, 6) is 0.177. The van der Waals surface area contributed by atoms with E-state index in [0.717, 1.165) is 21.0 Å². The summed E-state index contributed by atoms with van der Waals surface area (Å²) >= 11 is 9.22. The minimum absolute atomic E-state index is 0.177. The highest BCUT2D eigenvalue weighted by Gasteiger charge is 2.08. The molecule has 6 heteroatoms. The van der Waals surface area contributed by atoms with Crippen molar-refractivity contribution in [1.82, 2.24) is 4.98 Å². The number of aliphatic hydroxyl groups excluding tert-OH is 1. The summed E-state index contributed by atoms with van der Waals surface area (Å²) in [6, 6.07) is 3.69. The molecule has 0 saturated heterocycles. The second kappa shape index (κ2) is 6.61. The maximum atomic E-state index is 9.38. The van der Waals surface area contributed by atoms with Crippen LogP contribution < -0.4 is 0 Å². The van der Waals surface area contributed by atoms with Crippen molar-refractivity contribution in [2.24, 2.45) is 0 Å². The number of rotatable bonds is 2. The van der Waals surface area contributed by atoms with Crippen LogP contribution in [0.1, 0.15) is 0 Å². The molecule has 0 fully saturated rings. The predicted octanol–water partition coefficient (Wildman–Crippen LogP) is 2.97. The van der Waals surface area contributed by atoms with Crippen molar-refractivity contribution in [2.75, 3.05) is 34.3 Å². The number of hydrogen-bond donors (Lipinski definition) is 3. The van der Waals surface area contributed by atoms with Gasteiger partial charge in [-0.25, -0.2) is 0 Å². The van der Waals surface area contributed by atoms with Crippen LogP contribution >= 0.6 is 27.5 Å². The van der Waals surface area contributed by atoms with E-state index in [-0.39, 0.29) is 12.4 Å². The fourth-order valence-electron chi connectivity index (χ4n) is 1.44. The van der Waals surface area contributed by atoms with Crippen LogP contribution in [0, 0.1) is 0 Å². The molecule has 1 aromatic carbocycles. The quantitative estimate of drug-likeness (QED) is 0.729. The van der Waals surface area contributed by atoms with Crippen molar-refractivity contribution in [2.45, 2.75) is 0 Å². The molecule has 19 heavy (non-hydrogen) atoms. The molecule has 0 atom stereocenters. The molecular weight excluding hydrogens is 332 g/mol. The summed E-state index contributed by atoms with van der Waals surface area (Å²) in [6.07, 6.45) is 1.52. The summed E-state index contributed by atoms with van der Waals surface area (Å²) < 4.78 is 1.63. The molecule has 0 aliphatic carbocycles. The second-order valence-electron chi connectivity index (χ2n) is 5.20. The number of H-pyrrole nitrogens is 1. The Morgan fingerprint density at radius 2 is 1.95 bits per heavy atom. The summed E-state index contributed by atoms with van der Waals surface area (Å²) in [7, 11) is 6.16. The molecular formula is C13H19BrClN2O2+. The average molecular weight is 351 g/mol. The Morgan fingerprint density at radius 1 is 1.32 bits per heavy atom. The van der Waals surface area contributed by atoms with E-state index >= 15 is 0 Å². The van der Waals surface area contributed by atoms with Crippen molar-refractivity contribution >= 4 is 38.4 Å². The van der Waals surface area contributed by atoms with Crippen molar-refractivity contribution in [3.05, 3.63) is 27.8 Å². The van der Waals surface area contributed by atoms with E-state index in [1.807, 2.05) is 12.1 Å². The maximum absolute atomic E-state index is 9.38. The van der Waals surface area contributed by atoms with Gasteiger partial charge in [-0.1, -0.05) is 11.6 Å². The van der Waals surface area contributed by atoms with Gasteiger partial charge in [0.25, 0.3) is 0 Å². The zero-order chi connectivity index (χ0) is 14.6. The molecule has 2 rings (SSSR count). The van der Waals surface area contributed by atoms with Crippen LogP contribution in [-0.4, -0.2) is 54.0 Å². The lowest BCUT2D eigenvalue weighted by Crippen LogP contribution is -2.36. The van der Waals surface area contributed by atoms with Crippen LogP contribution in [0.4, 0.5) is 0 Å². The first-order chi connectivity index (χ1) is 8.76. The van der Waals surface area contributed by atoms with Crippen molar-refractivity contribution in [3.8, 4) is 5.75 Å². The molecule has 0 saturated carbocycles. The number of likely N-dealkylation sites (N-methyl/N-ethyl adjacent to an activating group) is 1. The number of fused-ring (bicyclic) bond motifs is 1. The number of hydrogen-bond acceptors (Lipinski definition) is 2. The number of aliphatic hydroxyl groups is 1. The number of aromatic amines is 1. The van der Waals surface area contributed by atoms with Gasteiger partial charge < -0.3 is 19.7 Å². The van der Waals surface area contributed by atoms with Crippen LogP contribution in [0.25, 0.3) is 10.9 Å². The third-order valence-electron chi connectivity index (χ3n) is 2.49. The standard InChI is InChI=1S/C8H5BrClNO.C5H14NO/c9-4-1-2-5-7(8(4)10)6(12)3-11-5;1-6(2,3)4-5-7/h1-3,11-12H;7H,4-5H2,1-3H3/q;+1. The van der Waals surface area contributed by atoms with E-state index in [1.54, 1.807) is 0 Å². The monoisotopic (exact) mass is 349 g/mol. The number of halogens is 2. The van der Waals surface area contributed by atoms with Gasteiger partial charge in [-0.3, -0.25) is 0 Å². The van der Waals surface area contributed by atoms with Gasteiger partial charge in [-0.15, -0.1) is 0 Å². The third-order valence-corrected chi connectivity index (χ3v) is 3.77. The normalized spacial score (nSPS) is 11.3. The SMILES string of the molecule is C[N+](C)(C)CCO.Oc1c[nH]c2ccc(Br)c(Cl)c12. The van der Waals surface area contributed by atoms with Gasteiger partial charge >= 0.3 is 0 Å². The molecule has 0 aliphatic heterocycles. The molecule has 4 nitrogen and oxygen atoms in total. The van der Waals surface area contributed by atoms with Crippen LogP contribution in [0.3, 0.4) is 0 Å². The molecule has 1 aromatic heterocycles. The molecule has 2 aromatic rings. The van der Waals surface area contributed by atoms with Crippen molar-refractivity contribution in [3.63, 3.8) is 0 Å². The molecule has 0 unspecified atom stereocenters. The Balaban J connectivity index is 0.000000224. The molecule has 1 heterocycles. The molecule has 106 valence electrons. The first-order valence-corrected chi connectivity index (χ1v) is 6.98. The number of aromatic hydroxyl groups is 1. The number of benzene rings is 1. The van der Waals surface area contributed by atoms with Crippen molar-refractivity contribution < 1.29 is 14.7 Å². The lowest BCUT2D eigenvalue weighted by Gasteiger charge is -2.21. The van der Waals surface area contributed by atoms with Gasteiger partial charge in [-0.05, 0) is 28.1 Å². The van der Waals surface area contributed by atoms with E-state index < -0.39 is 0 Å². The number of quaternary nitrogens is 1. The lowest BCUT2D eigenvalue weighted by atomic mass is 10.2. The van der Waals surface area contributed by atoms with E-state index in [9.17, 15) is 5.11 Å². The third kappa shape index (κ3) is 4.69. The Labute approximate surface area is 126 Å². The number of aromatic nitrogens is 1. The van der Waals surface area contributed by atoms with Gasteiger partial charge in [0.2, 0.25) is 0 Å². The van der Waals surface area contributed by atoms with Gasteiger partial charge in [0.15, 0.2) is 0 Å². The fraction of sp³-hybridized carbons (Fsp3) is 0.385. The summed E-state index contributed by atoms with van der Waals surface area (Å²) in [6.45, 7) is 1.11. The maximum Gasteiger partial charge on any atom is 0.142 e. The van der Waals surface area contributed by atoms with Crippen molar-refractivity contribution in [1.29, 1.82) is 0 Å². The summed E-state index contributed by atoms with van der Waals surface area (Å²) in [5.41, 5.74) is 0.834. The average Bonchev–Trinajstić information content (AvgIpc) is 2.65. The minimum Gasteiger partial charge on any atom is -0.506 e. The zero-order valence-corrected chi connectivity index (χ0v) is 13.6. The number of nitrogens with zero attached hydrogens (tertiary/aromatic N) is 1. The van der Waals surface area contributed by atoms with Gasteiger partial charge in [0, 0.05) is 10.7 Å². The van der Waals surface area contributed by atoms with Gasteiger partial charge in [-0.2, -0.15) is 0 Å². The Bertz CT molecular complexity index is 549. The molecule has 3 N–H and O–H groups in total. The predicted molar refractivity (Wildman–Crippen MR) is 82.7 cm³/mol. The largest absolute Gasteiger partial charge is 0.506 e. The van der Waals surface area contributed by atoms with E-state index in [1.165, 1.54) is 6.20 Å². The Hall–Kier alpha value is -0.750. The topological polar surface area (TPSA) is 56.2 Å². The minimum atomic E-state index is 0.177. The van der Waals surface area contributed by atoms with Crippen LogP contribution in [-0.2, 0) is 0 Å². The van der Waals surface area contributed by atoms with Gasteiger partial charge in [0.1, 0.15) is 12.3 Å². The smallest absolute Gasteiger partial charge is 0.142 e.